The van der Waals surface area contributed by atoms with Crippen LogP contribution in [0, 0.1) is 18.7 Å². The van der Waals surface area contributed by atoms with Gasteiger partial charge in [-0.25, -0.2) is 4.39 Å². The van der Waals surface area contributed by atoms with Gasteiger partial charge in [0.25, 0.3) is 0 Å². The van der Waals surface area contributed by atoms with Crippen molar-refractivity contribution in [2.45, 2.75) is 19.8 Å². The van der Waals surface area contributed by atoms with E-state index in [0.29, 0.717) is 23.5 Å². The van der Waals surface area contributed by atoms with E-state index >= 15 is 0 Å². The number of hydrogen-bond donors (Lipinski definition) is 2. The average molecular weight is 244 g/mol. The summed E-state index contributed by atoms with van der Waals surface area (Å²) in [5.41, 5.74) is 0.849. The van der Waals surface area contributed by atoms with Crippen molar-refractivity contribution in [2.75, 3.05) is 13.1 Å². The monoisotopic (exact) mass is 243 g/mol. The molecule has 1 unspecified atom stereocenters. The minimum Gasteiger partial charge on any atom is -0.506 e. The summed E-state index contributed by atoms with van der Waals surface area (Å²) >= 11 is 5.84. The third kappa shape index (κ3) is 2.15. The third-order valence-corrected chi connectivity index (χ3v) is 3.41. The van der Waals surface area contributed by atoms with E-state index in [1.54, 1.807) is 6.92 Å². The molecule has 2 N–H and O–H groups in total. The van der Waals surface area contributed by atoms with Crippen molar-refractivity contribution in [2.24, 2.45) is 5.92 Å². The molecule has 88 valence electrons. The zero-order valence-corrected chi connectivity index (χ0v) is 9.94. The smallest absolute Gasteiger partial charge is 0.140 e. The molecule has 2 rings (SSSR count). The van der Waals surface area contributed by atoms with Crippen LogP contribution < -0.4 is 5.32 Å². The molecule has 0 aliphatic carbocycles. The standard InChI is InChI=1S/C12H15ClFNO/c1-7-4-10(13)12(16)9(11(7)14)5-8-2-3-15-6-8/h4,8,15-16H,2-3,5-6H2,1H3. The second-order valence-electron chi connectivity index (χ2n) is 4.38. The fraction of sp³-hybridized carbons (Fsp3) is 0.500. The Morgan fingerprint density at radius 3 is 3.00 bits per heavy atom. The van der Waals surface area contributed by atoms with Gasteiger partial charge >= 0.3 is 0 Å². The Balaban J connectivity index is 2.31. The number of nitrogens with one attached hydrogen (secondary N) is 1. The molecule has 0 radical (unpaired) electrons. The summed E-state index contributed by atoms with van der Waals surface area (Å²) in [7, 11) is 0. The zero-order chi connectivity index (χ0) is 11.7. The SMILES string of the molecule is Cc1cc(Cl)c(O)c(CC2CCNC2)c1F. The quantitative estimate of drug-likeness (QED) is 0.837. The van der Waals surface area contributed by atoms with E-state index in [0.717, 1.165) is 19.5 Å². The van der Waals surface area contributed by atoms with Crippen molar-refractivity contribution >= 4 is 11.6 Å². The van der Waals surface area contributed by atoms with Crippen molar-refractivity contribution in [3.8, 4) is 5.75 Å². The molecule has 0 bridgehead atoms. The number of aromatic hydroxyl groups is 1. The molecule has 1 aromatic carbocycles. The summed E-state index contributed by atoms with van der Waals surface area (Å²) < 4.78 is 13.9. The second kappa shape index (κ2) is 4.60. The van der Waals surface area contributed by atoms with Gasteiger partial charge in [-0.15, -0.1) is 0 Å². The Kier molecular flexibility index (Phi) is 3.36. The molecule has 0 saturated carbocycles. The van der Waals surface area contributed by atoms with Gasteiger partial charge in [-0.3, -0.25) is 0 Å². The molecule has 0 aromatic heterocycles. The van der Waals surface area contributed by atoms with Crippen LogP contribution in [0.25, 0.3) is 0 Å². The molecule has 2 nitrogen and oxygen atoms in total. The third-order valence-electron chi connectivity index (χ3n) is 3.12. The number of halogens is 2. The molecule has 1 aliphatic heterocycles. The summed E-state index contributed by atoms with van der Waals surface area (Å²) in [4.78, 5) is 0. The van der Waals surface area contributed by atoms with Gasteiger partial charge in [0, 0.05) is 5.56 Å². The molecule has 1 heterocycles. The van der Waals surface area contributed by atoms with Gasteiger partial charge in [-0.1, -0.05) is 11.6 Å². The van der Waals surface area contributed by atoms with Gasteiger partial charge in [0.2, 0.25) is 0 Å². The van der Waals surface area contributed by atoms with Crippen molar-refractivity contribution in [3.05, 3.63) is 28.0 Å². The predicted molar refractivity (Wildman–Crippen MR) is 62.5 cm³/mol. The van der Waals surface area contributed by atoms with Crippen LogP contribution in [0.4, 0.5) is 4.39 Å². The minimum atomic E-state index is -0.325. The highest BCUT2D eigenvalue weighted by Gasteiger charge is 2.21. The van der Waals surface area contributed by atoms with Gasteiger partial charge in [0.05, 0.1) is 5.02 Å². The van der Waals surface area contributed by atoms with Gasteiger partial charge in [0.1, 0.15) is 11.6 Å². The first kappa shape index (κ1) is 11.7. The van der Waals surface area contributed by atoms with Crippen LogP contribution >= 0.6 is 11.6 Å². The molecule has 1 aliphatic rings. The molecule has 0 amide bonds. The lowest BCUT2D eigenvalue weighted by atomic mass is 9.96. The summed E-state index contributed by atoms with van der Waals surface area (Å²) in [6, 6.07) is 1.46. The first-order valence-electron chi connectivity index (χ1n) is 5.46. The van der Waals surface area contributed by atoms with Crippen LogP contribution in [0.3, 0.4) is 0 Å². The Labute approximate surface area is 99.4 Å². The predicted octanol–water partition coefficient (Wildman–Crippen LogP) is 2.65. The first-order valence-corrected chi connectivity index (χ1v) is 5.84. The maximum atomic E-state index is 13.9. The van der Waals surface area contributed by atoms with Crippen LogP contribution in [0.1, 0.15) is 17.5 Å². The van der Waals surface area contributed by atoms with E-state index < -0.39 is 0 Å². The van der Waals surface area contributed by atoms with Crippen LogP contribution in [0.15, 0.2) is 6.07 Å². The Bertz CT molecular complexity index is 376. The normalized spacial score (nSPS) is 20.3. The second-order valence-corrected chi connectivity index (χ2v) is 4.79. The fourth-order valence-electron chi connectivity index (χ4n) is 2.17. The van der Waals surface area contributed by atoms with Crippen LogP contribution in [0.5, 0.6) is 5.75 Å². The average Bonchev–Trinajstić information content (AvgIpc) is 2.74. The maximum Gasteiger partial charge on any atom is 0.140 e. The number of rotatable bonds is 2. The highest BCUT2D eigenvalue weighted by atomic mass is 35.5. The van der Waals surface area contributed by atoms with E-state index in [4.69, 9.17) is 11.6 Å². The van der Waals surface area contributed by atoms with Gasteiger partial charge < -0.3 is 10.4 Å². The molecule has 4 heteroatoms. The van der Waals surface area contributed by atoms with Gasteiger partial charge in [-0.2, -0.15) is 0 Å². The molecule has 0 spiro atoms. The zero-order valence-electron chi connectivity index (χ0n) is 9.19. The highest BCUT2D eigenvalue weighted by Crippen LogP contribution is 2.34. The summed E-state index contributed by atoms with van der Waals surface area (Å²) in [6.07, 6.45) is 1.57. The fourth-order valence-corrected chi connectivity index (χ4v) is 2.45. The van der Waals surface area contributed by atoms with Crippen LogP contribution in [-0.4, -0.2) is 18.2 Å². The number of aryl methyl sites for hydroxylation is 1. The molecule has 1 aromatic rings. The molecule has 16 heavy (non-hydrogen) atoms. The lowest BCUT2D eigenvalue weighted by molar-refractivity contribution is 0.445. The molecule has 1 saturated heterocycles. The number of phenols is 1. The Hall–Kier alpha value is -0.800. The minimum absolute atomic E-state index is 0.100. The van der Waals surface area contributed by atoms with Gasteiger partial charge in [0.15, 0.2) is 0 Å². The molecule has 1 atom stereocenters. The molecular weight excluding hydrogens is 229 g/mol. The van der Waals surface area contributed by atoms with E-state index in [2.05, 4.69) is 5.32 Å². The van der Waals surface area contributed by atoms with Crippen molar-refractivity contribution < 1.29 is 9.50 Å². The number of hydrogen-bond acceptors (Lipinski definition) is 2. The Morgan fingerprint density at radius 1 is 1.62 bits per heavy atom. The van der Waals surface area contributed by atoms with Gasteiger partial charge in [-0.05, 0) is 50.4 Å². The molecular formula is C12H15ClFNO. The van der Waals surface area contributed by atoms with E-state index in [1.807, 2.05) is 0 Å². The van der Waals surface area contributed by atoms with Crippen molar-refractivity contribution in [3.63, 3.8) is 0 Å². The Morgan fingerprint density at radius 2 is 2.38 bits per heavy atom. The summed E-state index contributed by atoms with van der Waals surface area (Å²) in [5, 5.41) is 13.2. The number of phenolic OH excluding ortho intramolecular Hbond substituents is 1. The van der Waals surface area contributed by atoms with Crippen molar-refractivity contribution in [1.82, 2.24) is 5.32 Å². The van der Waals surface area contributed by atoms with E-state index in [9.17, 15) is 9.50 Å². The summed E-state index contributed by atoms with van der Waals surface area (Å²) in [6.45, 7) is 3.51. The van der Waals surface area contributed by atoms with Crippen LogP contribution in [0.2, 0.25) is 5.02 Å². The lowest BCUT2D eigenvalue weighted by Gasteiger charge is -2.13. The maximum absolute atomic E-state index is 13.9. The van der Waals surface area contributed by atoms with E-state index in [1.165, 1.54) is 6.07 Å². The topological polar surface area (TPSA) is 32.3 Å². The first-order chi connectivity index (χ1) is 7.59. The molecule has 1 fully saturated rings. The summed E-state index contributed by atoms with van der Waals surface area (Å²) in [5.74, 6) is -0.0382. The van der Waals surface area contributed by atoms with E-state index in [-0.39, 0.29) is 16.6 Å². The lowest BCUT2D eigenvalue weighted by Crippen LogP contribution is -2.12. The largest absolute Gasteiger partial charge is 0.506 e. The van der Waals surface area contributed by atoms with Crippen molar-refractivity contribution in [1.29, 1.82) is 0 Å². The highest BCUT2D eigenvalue weighted by molar-refractivity contribution is 6.32. The number of benzene rings is 1. The van der Waals surface area contributed by atoms with Crippen LogP contribution in [-0.2, 0) is 6.42 Å².